The minimum Gasteiger partial charge on any atom is -0.491 e. The third-order valence-corrected chi connectivity index (χ3v) is 3.71. The van der Waals surface area contributed by atoms with E-state index in [2.05, 4.69) is 13.8 Å². The zero-order valence-electron chi connectivity index (χ0n) is 11.4. The summed E-state index contributed by atoms with van der Waals surface area (Å²) in [6.45, 7) is 4.23. The van der Waals surface area contributed by atoms with E-state index in [9.17, 15) is 9.90 Å². The number of carboxylic acids is 1. The zero-order chi connectivity index (χ0) is 14.0. The van der Waals surface area contributed by atoms with Crippen LogP contribution in [0.15, 0.2) is 24.3 Å². The summed E-state index contributed by atoms with van der Waals surface area (Å²) in [5, 5.41) is 9.26. The Balaban J connectivity index is 2.05. The molecule has 0 aliphatic heterocycles. The second kappa shape index (κ2) is 5.21. The fourth-order valence-electron chi connectivity index (χ4n) is 2.12. The molecule has 0 saturated heterocycles. The lowest BCUT2D eigenvalue weighted by Crippen LogP contribution is -2.54. The fraction of sp³-hybridized carbons (Fsp3) is 0.533. The summed E-state index contributed by atoms with van der Waals surface area (Å²) in [4.78, 5) is 11.3. The second-order valence-electron chi connectivity index (χ2n) is 5.64. The van der Waals surface area contributed by atoms with Crippen molar-refractivity contribution < 1.29 is 14.6 Å². The van der Waals surface area contributed by atoms with Gasteiger partial charge in [0.2, 0.25) is 0 Å². The average molecular weight is 263 g/mol. The molecule has 1 fully saturated rings. The van der Waals surface area contributed by atoms with Gasteiger partial charge in [0, 0.05) is 0 Å². The number of nitrogens with two attached hydrogens (primary N) is 1. The molecular formula is C15H21NO3. The number of carboxylic acid groups (broad SMARTS) is 1. The van der Waals surface area contributed by atoms with Gasteiger partial charge < -0.3 is 15.6 Å². The highest BCUT2D eigenvalue weighted by atomic mass is 16.5. The summed E-state index contributed by atoms with van der Waals surface area (Å²) >= 11 is 0. The van der Waals surface area contributed by atoms with Gasteiger partial charge in [-0.1, -0.05) is 26.0 Å². The predicted octanol–water partition coefficient (Wildman–Crippen LogP) is 2.38. The highest BCUT2D eigenvalue weighted by Gasteiger charge is 2.49. The Morgan fingerprint density at radius 2 is 2.21 bits per heavy atom. The van der Waals surface area contributed by atoms with Gasteiger partial charge in [-0.2, -0.15) is 0 Å². The van der Waals surface area contributed by atoms with E-state index in [0.717, 1.165) is 12.8 Å². The monoisotopic (exact) mass is 263 g/mol. The van der Waals surface area contributed by atoms with Crippen molar-refractivity contribution in [2.24, 2.45) is 11.7 Å². The standard InChI is InChI=1S/C15H21NO3/c1-10(2)11-4-3-5-13(8-11)19-9-15(16,14(17)18)12-6-7-12/h3-5,8,10,12H,6-7,9,16H2,1-2H3,(H,17,18). The Morgan fingerprint density at radius 3 is 2.74 bits per heavy atom. The van der Waals surface area contributed by atoms with Crippen LogP contribution >= 0.6 is 0 Å². The average Bonchev–Trinajstić information content (AvgIpc) is 3.20. The zero-order valence-corrected chi connectivity index (χ0v) is 11.4. The van der Waals surface area contributed by atoms with Crippen molar-refractivity contribution in [1.82, 2.24) is 0 Å². The topological polar surface area (TPSA) is 72.5 Å². The first kappa shape index (κ1) is 13.9. The van der Waals surface area contributed by atoms with E-state index in [4.69, 9.17) is 10.5 Å². The SMILES string of the molecule is CC(C)c1cccc(OCC(N)(C(=O)O)C2CC2)c1. The summed E-state index contributed by atoms with van der Waals surface area (Å²) in [7, 11) is 0. The van der Waals surface area contributed by atoms with E-state index in [1.807, 2.05) is 24.3 Å². The van der Waals surface area contributed by atoms with E-state index in [-0.39, 0.29) is 12.5 Å². The molecule has 104 valence electrons. The van der Waals surface area contributed by atoms with E-state index in [1.54, 1.807) is 0 Å². The second-order valence-corrected chi connectivity index (χ2v) is 5.64. The molecule has 1 aromatic rings. The van der Waals surface area contributed by atoms with E-state index in [0.29, 0.717) is 11.7 Å². The van der Waals surface area contributed by atoms with Crippen LogP contribution in [0.2, 0.25) is 0 Å². The molecule has 2 rings (SSSR count). The maximum atomic E-state index is 11.3. The first-order chi connectivity index (χ1) is 8.93. The molecule has 0 aromatic heterocycles. The van der Waals surface area contributed by atoms with Gasteiger partial charge in [-0.25, -0.2) is 0 Å². The Bertz CT molecular complexity index is 468. The molecule has 4 heteroatoms. The Labute approximate surface area is 113 Å². The van der Waals surface area contributed by atoms with Crippen LogP contribution in [0.25, 0.3) is 0 Å². The molecule has 3 N–H and O–H groups in total. The number of hydrogen-bond acceptors (Lipinski definition) is 3. The number of benzene rings is 1. The number of aliphatic carboxylic acids is 1. The van der Waals surface area contributed by atoms with Crippen molar-refractivity contribution >= 4 is 5.97 Å². The van der Waals surface area contributed by atoms with Crippen molar-refractivity contribution in [3.63, 3.8) is 0 Å². The van der Waals surface area contributed by atoms with E-state index < -0.39 is 11.5 Å². The summed E-state index contributed by atoms with van der Waals surface area (Å²) < 4.78 is 5.62. The van der Waals surface area contributed by atoms with Crippen LogP contribution in [0.1, 0.15) is 38.2 Å². The van der Waals surface area contributed by atoms with Crippen LogP contribution in [0, 0.1) is 5.92 Å². The minimum atomic E-state index is -1.26. The molecule has 1 aliphatic rings. The molecule has 1 unspecified atom stereocenters. The highest BCUT2D eigenvalue weighted by Crippen LogP contribution is 2.38. The number of hydrogen-bond donors (Lipinski definition) is 2. The van der Waals surface area contributed by atoms with E-state index >= 15 is 0 Å². The van der Waals surface area contributed by atoms with Crippen molar-refractivity contribution in [3.8, 4) is 5.75 Å². The van der Waals surface area contributed by atoms with Gasteiger partial charge in [0.05, 0.1) is 0 Å². The van der Waals surface area contributed by atoms with Gasteiger partial charge >= 0.3 is 5.97 Å². The summed E-state index contributed by atoms with van der Waals surface area (Å²) in [5.74, 6) is 0.158. The molecule has 0 radical (unpaired) electrons. The smallest absolute Gasteiger partial charge is 0.327 e. The van der Waals surface area contributed by atoms with Crippen LogP contribution in [0.3, 0.4) is 0 Å². The molecule has 0 heterocycles. The number of carbonyl (C=O) groups is 1. The molecule has 19 heavy (non-hydrogen) atoms. The first-order valence-corrected chi connectivity index (χ1v) is 6.68. The van der Waals surface area contributed by atoms with Crippen LogP contribution < -0.4 is 10.5 Å². The lowest BCUT2D eigenvalue weighted by Gasteiger charge is -2.24. The Hall–Kier alpha value is -1.55. The normalized spacial score (nSPS) is 18.1. The number of rotatable bonds is 6. The van der Waals surface area contributed by atoms with Crippen molar-refractivity contribution in [3.05, 3.63) is 29.8 Å². The van der Waals surface area contributed by atoms with Gasteiger partial charge in [0.25, 0.3) is 0 Å². The molecular weight excluding hydrogens is 242 g/mol. The number of ether oxygens (including phenoxy) is 1. The largest absolute Gasteiger partial charge is 0.491 e. The maximum Gasteiger partial charge on any atom is 0.327 e. The molecule has 0 amide bonds. The summed E-state index contributed by atoms with van der Waals surface area (Å²) in [6.07, 6.45) is 1.75. The maximum absolute atomic E-state index is 11.3. The molecule has 1 saturated carbocycles. The van der Waals surface area contributed by atoms with Crippen LogP contribution in [0.4, 0.5) is 0 Å². The van der Waals surface area contributed by atoms with Crippen molar-refractivity contribution in [2.75, 3.05) is 6.61 Å². The predicted molar refractivity (Wildman–Crippen MR) is 73.3 cm³/mol. The van der Waals surface area contributed by atoms with Crippen LogP contribution in [-0.2, 0) is 4.79 Å². The third kappa shape index (κ3) is 3.07. The third-order valence-electron chi connectivity index (χ3n) is 3.71. The Morgan fingerprint density at radius 1 is 1.53 bits per heavy atom. The fourth-order valence-corrected chi connectivity index (χ4v) is 2.12. The van der Waals surface area contributed by atoms with Gasteiger partial charge in [0.1, 0.15) is 12.4 Å². The Kier molecular flexibility index (Phi) is 3.80. The summed E-state index contributed by atoms with van der Waals surface area (Å²) in [5.41, 5.74) is 5.88. The van der Waals surface area contributed by atoms with Gasteiger partial charge in [-0.3, -0.25) is 4.79 Å². The molecule has 0 spiro atoms. The van der Waals surface area contributed by atoms with Gasteiger partial charge in [-0.05, 0) is 42.4 Å². The molecule has 1 atom stereocenters. The van der Waals surface area contributed by atoms with Crippen LogP contribution in [-0.4, -0.2) is 23.2 Å². The quantitative estimate of drug-likeness (QED) is 0.826. The lowest BCUT2D eigenvalue weighted by molar-refractivity contribution is -0.145. The lowest BCUT2D eigenvalue weighted by atomic mass is 9.96. The first-order valence-electron chi connectivity index (χ1n) is 6.68. The minimum absolute atomic E-state index is 0.0224. The van der Waals surface area contributed by atoms with Gasteiger partial charge in [-0.15, -0.1) is 0 Å². The van der Waals surface area contributed by atoms with E-state index in [1.165, 1.54) is 5.56 Å². The molecule has 4 nitrogen and oxygen atoms in total. The van der Waals surface area contributed by atoms with Gasteiger partial charge in [0.15, 0.2) is 5.54 Å². The van der Waals surface area contributed by atoms with Crippen molar-refractivity contribution in [1.29, 1.82) is 0 Å². The molecule has 0 bridgehead atoms. The van der Waals surface area contributed by atoms with Crippen molar-refractivity contribution in [2.45, 2.75) is 38.1 Å². The highest BCUT2D eigenvalue weighted by molar-refractivity contribution is 5.79. The van der Waals surface area contributed by atoms with Crippen LogP contribution in [0.5, 0.6) is 5.75 Å². The molecule has 1 aromatic carbocycles. The summed E-state index contributed by atoms with van der Waals surface area (Å²) in [6, 6.07) is 7.73. The molecule has 1 aliphatic carbocycles.